The summed E-state index contributed by atoms with van der Waals surface area (Å²) in [6.07, 6.45) is 1.71. The van der Waals surface area contributed by atoms with Crippen molar-refractivity contribution < 1.29 is 23.9 Å². The third-order valence-electron chi connectivity index (χ3n) is 4.45. The normalized spacial score (nSPS) is 16.8. The molecule has 1 aliphatic rings. The largest absolute Gasteiger partial charge is 0.494 e. The first kappa shape index (κ1) is 22.0. The maximum Gasteiger partial charge on any atom is 0.329 e. The topological polar surface area (TPSA) is 72.9 Å². The number of carbonyl (C=O) groups excluding carboxylic acids is 3. The van der Waals surface area contributed by atoms with Crippen molar-refractivity contribution in [2.75, 3.05) is 13.2 Å². The summed E-state index contributed by atoms with van der Waals surface area (Å²) in [6.45, 7) is 12.0. The lowest BCUT2D eigenvalue weighted by Crippen LogP contribution is -2.42. The van der Waals surface area contributed by atoms with Gasteiger partial charge in [0.15, 0.2) is 0 Å². The number of hydrogen-bond donors (Lipinski definition) is 0. The molecule has 1 heterocycles. The zero-order chi connectivity index (χ0) is 21.0. The highest BCUT2D eigenvalue weighted by molar-refractivity contribution is 8.18. The number of esters is 1. The monoisotopic (exact) mass is 405 g/mol. The van der Waals surface area contributed by atoms with Crippen molar-refractivity contribution in [3.05, 3.63) is 33.7 Å². The number of thioether (sulfide) groups is 1. The smallest absolute Gasteiger partial charge is 0.329 e. The van der Waals surface area contributed by atoms with Gasteiger partial charge in [0.1, 0.15) is 11.8 Å². The fraction of sp³-hybridized carbons (Fsp3) is 0.476. The Labute approximate surface area is 170 Å². The molecule has 1 aromatic carbocycles. The van der Waals surface area contributed by atoms with Gasteiger partial charge in [-0.05, 0) is 80.3 Å². The zero-order valence-corrected chi connectivity index (χ0v) is 18.0. The molecule has 0 aliphatic carbocycles. The highest BCUT2D eigenvalue weighted by Gasteiger charge is 2.41. The van der Waals surface area contributed by atoms with E-state index >= 15 is 0 Å². The second-order valence-corrected chi connectivity index (χ2v) is 7.81. The summed E-state index contributed by atoms with van der Waals surface area (Å²) in [6, 6.07) is 3.00. The molecule has 0 spiro atoms. The lowest BCUT2D eigenvalue weighted by atomic mass is 9.96. The Bertz CT molecular complexity index is 815. The van der Waals surface area contributed by atoms with Crippen LogP contribution in [-0.4, -0.2) is 41.3 Å². The van der Waals surface area contributed by atoms with Crippen LogP contribution in [0.2, 0.25) is 0 Å². The van der Waals surface area contributed by atoms with Gasteiger partial charge in [-0.1, -0.05) is 13.8 Å². The summed E-state index contributed by atoms with van der Waals surface area (Å²) in [7, 11) is 0. The number of imide groups is 1. The van der Waals surface area contributed by atoms with Crippen LogP contribution in [0, 0.1) is 6.92 Å². The molecule has 0 bridgehead atoms. The third-order valence-corrected chi connectivity index (χ3v) is 5.33. The first-order chi connectivity index (χ1) is 13.2. The predicted molar refractivity (Wildman–Crippen MR) is 110 cm³/mol. The molecule has 7 heteroatoms. The van der Waals surface area contributed by atoms with Crippen LogP contribution in [0.4, 0.5) is 4.79 Å². The highest BCUT2D eigenvalue weighted by atomic mass is 32.2. The van der Waals surface area contributed by atoms with Gasteiger partial charge in [-0.3, -0.25) is 14.5 Å². The van der Waals surface area contributed by atoms with Crippen LogP contribution >= 0.6 is 11.8 Å². The number of amides is 2. The summed E-state index contributed by atoms with van der Waals surface area (Å²) in [5.41, 5.74) is 2.83. The molecule has 1 fully saturated rings. The first-order valence-electron chi connectivity index (χ1n) is 9.42. The fourth-order valence-corrected chi connectivity index (χ4v) is 3.83. The van der Waals surface area contributed by atoms with E-state index in [1.54, 1.807) is 13.0 Å². The van der Waals surface area contributed by atoms with Gasteiger partial charge in [0, 0.05) is 0 Å². The molecular formula is C21H27NO5S. The number of ether oxygens (including phenoxy) is 2. The lowest BCUT2D eigenvalue weighted by molar-refractivity contribution is -0.150. The second-order valence-electron chi connectivity index (χ2n) is 6.81. The van der Waals surface area contributed by atoms with Crippen molar-refractivity contribution in [1.29, 1.82) is 0 Å². The average Bonchev–Trinajstić information content (AvgIpc) is 2.90. The second kappa shape index (κ2) is 9.28. The van der Waals surface area contributed by atoms with Crippen LogP contribution in [0.15, 0.2) is 17.0 Å². The van der Waals surface area contributed by atoms with Gasteiger partial charge >= 0.3 is 5.97 Å². The molecule has 152 valence electrons. The van der Waals surface area contributed by atoms with Crippen molar-refractivity contribution in [2.24, 2.45) is 0 Å². The fourth-order valence-electron chi connectivity index (χ4n) is 2.93. The molecule has 2 rings (SSSR count). The maximum absolute atomic E-state index is 12.8. The minimum atomic E-state index is -0.953. The zero-order valence-electron chi connectivity index (χ0n) is 17.2. The Balaban J connectivity index is 2.38. The van der Waals surface area contributed by atoms with Gasteiger partial charge in [0.2, 0.25) is 0 Å². The van der Waals surface area contributed by atoms with E-state index in [9.17, 15) is 14.4 Å². The van der Waals surface area contributed by atoms with Gasteiger partial charge in [-0.15, -0.1) is 0 Å². The van der Waals surface area contributed by atoms with Crippen molar-refractivity contribution in [2.45, 2.75) is 53.5 Å². The molecular weight excluding hydrogens is 378 g/mol. The minimum Gasteiger partial charge on any atom is -0.494 e. The van der Waals surface area contributed by atoms with Crippen molar-refractivity contribution in [3.8, 4) is 5.75 Å². The molecule has 0 saturated carbocycles. The number of hydrogen-bond acceptors (Lipinski definition) is 6. The molecule has 1 aliphatic heterocycles. The van der Waals surface area contributed by atoms with Crippen molar-refractivity contribution in [3.63, 3.8) is 0 Å². The third kappa shape index (κ3) is 4.58. The molecule has 0 N–H and O–H groups in total. The Morgan fingerprint density at radius 1 is 1.18 bits per heavy atom. The maximum atomic E-state index is 12.8. The molecule has 1 atom stereocenters. The van der Waals surface area contributed by atoms with E-state index < -0.39 is 23.2 Å². The Hall–Kier alpha value is -2.28. The highest BCUT2D eigenvalue weighted by Crippen LogP contribution is 2.36. The molecule has 2 amide bonds. The number of carbonyl (C=O) groups is 3. The van der Waals surface area contributed by atoms with E-state index in [1.165, 1.54) is 6.92 Å². The number of benzene rings is 1. The summed E-state index contributed by atoms with van der Waals surface area (Å²) in [4.78, 5) is 38.3. The van der Waals surface area contributed by atoms with Gasteiger partial charge in [-0.2, -0.15) is 0 Å². The first-order valence-corrected chi connectivity index (χ1v) is 10.2. The van der Waals surface area contributed by atoms with E-state index in [-0.39, 0.29) is 12.5 Å². The molecule has 1 aromatic rings. The van der Waals surface area contributed by atoms with Crippen molar-refractivity contribution in [1.82, 2.24) is 4.90 Å². The number of aryl methyl sites for hydroxylation is 1. The standard InChI is InChI=1S/C21H27NO5S/c1-7-26-17-9-13(5)15(10-16(17)12(3)4)11-18-19(23)22(21(25)28-18)14(6)20(24)27-8-2/h9-12,14H,7-8H2,1-6H3/b18-11+/t14-/m1/s1. The summed E-state index contributed by atoms with van der Waals surface area (Å²) >= 11 is 0.837. The van der Waals surface area contributed by atoms with Crippen molar-refractivity contribution >= 4 is 35.0 Å². The molecule has 0 radical (unpaired) electrons. The Morgan fingerprint density at radius 2 is 1.86 bits per heavy atom. The van der Waals surface area contributed by atoms with Gasteiger partial charge in [0.05, 0.1) is 18.1 Å². The van der Waals surface area contributed by atoms with E-state index in [0.717, 1.165) is 39.1 Å². The molecule has 6 nitrogen and oxygen atoms in total. The van der Waals surface area contributed by atoms with Crippen LogP contribution < -0.4 is 4.74 Å². The summed E-state index contributed by atoms with van der Waals surface area (Å²) in [5, 5.41) is -0.468. The van der Waals surface area contributed by atoms with Crippen LogP contribution in [0.3, 0.4) is 0 Å². The predicted octanol–water partition coefficient (Wildman–Crippen LogP) is 4.51. The SMILES string of the molecule is CCOC(=O)[C@@H](C)N1C(=O)S/C(=C/c2cc(C(C)C)c(OCC)cc2C)C1=O. The van der Waals surface area contributed by atoms with E-state index in [0.29, 0.717) is 11.5 Å². The van der Waals surface area contributed by atoms with Gasteiger partial charge in [0.25, 0.3) is 11.1 Å². The average molecular weight is 406 g/mol. The quantitative estimate of drug-likeness (QED) is 0.491. The van der Waals surface area contributed by atoms with E-state index in [2.05, 4.69) is 13.8 Å². The Morgan fingerprint density at radius 3 is 2.43 bits per heavy atom. The molecule has 28 heavy (non-hydrogen) atoms. The lowest BCUT2D eigenvalue weighted by Gasteiger charge is -2.19. The molecule has 0 aromatic heterocycles. The Kier molecular flexibility index (Phi) is 7.29. The van der Waals surface area contributed by atoms with E-state index in [1.807, 2.05) is 26.0 Å². The van der Waals surface area contributed by atoms with Crippen LogP contribution in [-0.2, 0) is 14.3 Å². The van der Waals surface area contributed by atoms with Crippen LogP contribution in [0.1, 0.15) is 57.2 Å². The van der Waals surface area contributed by atoms with Gasteiger partial charge in [-0.25, -0.2) is 4.79 Å². The van der Waals surface area contributed by atoms with Gasteiger partial charge < -0.3 is 9.47 Å². The van der Waals surface area contributed by atoms with Crippen LogP contribution in [0.5, 0.6) is 5.75 Å². The van der Waals surface area contributed by atoms with Crippen LogP contribution in [0.25, 0.3) is 6.08 Å². The van der Waals surface area contributed by atoms with E-state index in [4.69, 9.17) is 9.47 Å². The number of nitrogens with zero attached hydrogens (tertiary/aromatic N) is 1. The molecule has 1 saturated heterocycles. The number of rotatable bonds is 7. The molecule has 0 unspecified atom stereocenters. The minimum absolute atomic E-state index is 0.193. The summed E-state index contributed by atoms with van der Waals surface area (Å²) < 4.78 is 10.7. The summed E-state index contributed by atoms with van der Waals surface area (Å²) in [5.74, 6) is 0.00436.